The molecule has 0 bridgehead atoms. The van der Waals surface area contributed by atoms with Crippen molar-refractivity contribution in [3.63, 3.8) is 0 Å². The lowest BCUT2D eigenvalue weighted by atomic mass is 9.98. The van der Waals surface area contributed by atoms with E-state index >= 15 is 0 Å². The van der Waals surface area contributed by atoms with E-state index in [1.165, 1.54) is 10.4 Å². The van der Waals surface area contributed by atoms with E-state index in [1.807, 2.05) is 30.0 Å². The van der Waals surface area contributed by atoms with Gasteiger partial charge in [-0.05, 0) is 67.4 Å². The predicted octanol–water partition coefficient (Wildman–Crippen LogP) is 3.61. The maximum absolute atomic E-state index is 13.1. The largest absolute Gasteiger partial charge is 0.334 e. The molecule has 3 heterocycles. The van der Waals surface area contributed by atoms with Gasteiger partial charge in [0.05, 0.1) is 5.92 Å². The average Bonchev–Trinajstić information content (AvgIpc) is 3.17. The molecule has 0 spiro atoms. The van der Waals surface area contributed by atoms with Crippen LogP contribution in [-0.4, -0.2) is 36.3 Å². The summed E-state index contributed by atoms with van der Waals surface area (Å²) < 4.78 is 0. The molecule has 1 aromatic heterocycles. The molecule has 150 valence electrons. The number of carbonyl (C=O) groups is 2. The standard InChI is InChI=1S/C21H25N3O2S.ClH/c1-14-17(21(26)24-10-7-19-16(13-24)8-11-27-19)5-2-6-18(14)23-20(25)15-4-3-9-22-12-15;/h2,5-6,8,11,15,22H,3-4,7,9-10,12-13H2,1H3,(H,23,25);1H. The first-order valence-electron chi connectivity index (χ1n) is 9.59. The molecular formula is C21H26ClN3O2S. The van der Waals surface area contributed by atoms with Crippen LogP contribution in [0.5, 0.6) is 0 Å². The second-order valence-electron chi connectivity index (χ2n) is 7.36. The molecule has 5 nitrogen and oxygen atoms in total. The van der Waals surface area contributed by atoms with Gasteiger partial charge in [0.1, 0.15) is 0 Å². The molecule has 2 amide bonds. The zero-order chi connectivity index (χ0) is 18.8. The van der Waals surface area contributed by atoms with E-state index < -0.39 is 0 Å². The van der Waals surface area contributed by atoms with E-state index in [4.69, 9.17) is 0 Å². The summed E-state index contributed by atoms with van der Waals surface area (Å²) in [6.45, 7) is 5.04. The van der Waals surface area contributed by atoms with Crippen molar-refractivity contribution in [1.29, 1.82) is 0 Å². The lowest BCUT2D eigenvalue weighted by Gasteiger charge is -2.28. The lowest BCUT2D eigenvalue weighted by molar-refractivity contribution is -0.120. The number of piperidine rings is 1. The third-order valence-electron chi connectivity index (χ3n) is 5.58. The Morgan fingerprint density at radius 1 is 1.29 bits per heavy atom. The number of hydrogen-bond acceptors (Lipinski definition) is 4. The van der Waals surface area contributed by atoms with Gasteiger partial charge in [0.2, 0.25) is 5.91 Å². The normalized spacial score (nSPS) is 18.8. The van der Waals surface area contributed by atoms with Crippen molar-refractivity contribution in [2.24, 2.45) is 5.92 Å². The summed E-state index contributed by atoms with van der Waals surface area (Å²) in [5.74, 6) is 0.0761. The van der Waals surface area contributed by atoms with Gasteiger partial charge in [-0.15, -0.1) is 23.7 Å². The fourth-order valence-electron chi connectivity index (χ4n) is 3.91. The molecule has 28 heavy (non-hydrogen) atoms. The highest BCUT2D eigenvalue weighted by molar-refractivity contribution is 7.10. The first kappa shape index (κ1) is 20.8. The zero-order valence-electron chi connectivity index (χ0n) is 16.0. The minimum absolute atomic E-state index is 0. The minimum Gasteiger partial charge on any atom is -0.334 e. The first-order chi connectivity index (χ1) is 13.1. The first-order valence-corrected chi connectivity index (χ1v) is 10.5. The van der Waals surface area contributed by atoms with E-state index in [1.54, 1.807) is 11.3 Å². The summed E-state index contributed by atoms with van der Waals surface area (Å²) in [6, 6.07) is 7.71. The van der Waals surface area contributed by atoms with Crippen LogP contribution in [0.15, 0.2) is 29.6 Å². The lowest BCUT2D eigenvalue weighted by Crippen LogP contribution is -2.37. The van der Waals surface area contributed by atoms with Gasteiger partial charge in [0.15, 0.2) is 0 Å². The Labute approximate surface area is 175 Å². The number of amides is 2. The topological polar surface area (TPSA) is 61.4 Å². The van der Waals surface area contributed by atoms with E-state index in [2.05, 4.69) is 22.1 Å². The molecule has 2 aromatic rings. The van der Waals surface area contributed by atoms with Crippen molar-refractivity contribution >= 4 is 41.2 Å². The number of nitrogens with zero attached hydrogens (tertiary/aromatic N) is 1. The molecule has 0 aliphatic carbocycles. The van der Waals surface area contributed by atoms with E-state index in [9.17, 15) is 9.59 Å². The monoisotopic (exact) mass is 419 g/mol. The smallest absolute Gasteiger partial charge is 0.254 e. The summed E-state index contributed by atoms with van der Waals surface area (Å²) in [5.41, 5.74) is 3.51. The summed E-state index contributed by atoms with van der Waals surface area (Å²) >= 11 is 1.77. The maximum Gasteiger partial charge on any atom is 0.254 e. The molecule has 1 atom stereocenters. The summed E-state index contributed by atoms with van der Waals surface area (Å²) in [4.78, 5) is 29.0. The number of hydrogen-bond donors (Lipinski definition) is 2. The van der Waals surface area contributed by atoms with Gasteiger partial charge in [-0.25, -0.2) is 0 Å². The van der Waals surface area contributed by atoms with Gasteiger partial charge >= 0.3 is 0 Å². The highest BCUT2D eigenvalue weighted by Crippen LogP contribution is 2.27. The number of fused-ring (bicyclic) bond motifs is 1. The van der Waals surface area contributed by atoms with Crippen LogP contribution in [0.25, 0.3) is 0 Å². The van der Waals surface area contributed by atoms with Crippen LogP contribution in [0, 0.1) is 12.8 Å². The molecule has 0 saturated carbocycles. The summed E-state index contributed by atoms with van der Waals surface area (Å²) in [7, 11) is 0. The number of benzene rings is 1. The summed E-state index contributed by atoms with van der Waals surface area (Å²) in [5, 5.41) is 8.41. The molecule has 2 aliphatic rings. The van der Waals surface area contributed by atoms with Crippen molar-refractivity contribution in [2.75, 3.05) is 25.0 Å². The van der Waals surface area contributed by atoms with Gasteiger partial charge in [-0.1, -0.05) is 6.07 Å². The van der Waals surface area contributed by atoms with Crippen LogP contribution in [0.3, 0.4) is 0 Å². The summed E-state index contributed by atoms with van der Waals surface area (Å²) in [6.07, 6.45) is 2.85. The minimum atomic E-state index is -0.00314. The van der Waals surface area contributed by atoms with Crippen LogP contribution < -0.4 is 10.6 Å². The Hall–Kier alpha value is -1.89. The van der Waals surface area contributed by atoms with Crippen LogP contribution in [-0.2, 0) is 17.8 Å². The van der Waals surface area contributed by atoms with Crippen molar-refractivity contribution < 1.29 is 9.59 Å². The second kappa shape index (κ2) is 9.07. The average molecular weight is 420 g/mol. The van der Waals surface area contributed by atoms with E-state index in [-0.39, 0.29) is 30.1 Å². The van der Waals surface area contributed by atoms with E-state index in [0.717, 1.165) is 50.1 Å². The molecule has 1 saturated heterocycles. The number of rotatable bonds is 3. The second-order valence-corrected chi connectivity index (χ2v) is 8.36. The Bertz CT molecular complexity index is 861. The highest BCUT2D eigenvalue weighted by atomic mass is 35.5. The van der Waals surface area contributed by atoms with Gasteiger partial charge in [0.25, 0.3) is 5.91 Å². The number of nitrogens with one attached hydrogen (secondary N) is 2. The third-order valence-corrected chi connectivity index (χ3v) is 6.61. The van der Waals surface area contributed by atoms with Gasteiger partial charge in [-0.2, -0.15) is 0 Å². The van der Waals surface area contributed by atoms with Crippen molar-refractivity contribution in [3.05, 3.63) is 51.2 Å². The zero-order valence-corrected chi connectivity index (χ0v) is 17.6. The molecule has 0 radical (unpaired) electrons. The van der Waals surface area contributed by atoms with Crippen molar-refractivity contribution in [1.82, 2.24) is 10.2 Å². The molecule has 2 N–H and O–H groups in total. The molecule has 2 aliphatic heterocycles. The number of thiophene rings is 1. The Balaban J connectivity index is 0.00000225. The van der Waals surface area contributed by atoms with Crippen molar-refractivity contribution in [2.45, 2.75) is 32.7 Å². The SMILES string of the molecule is Cc1c(NC(=O)C2CCCNC2)cccc1C(=O)N1CCc2sccc2C1.Cl. The maximum atomic E-state index is 13.1. The van der Waals surface area contributed by atoms with Crippen molar-refractivity contribution in [3.8, 4) is 0 Å². The fraction of sp³-hybridized carbons (Fsp3) is 0.429. The molecule has 1 fully saturated rings. The molecule has 1 aromatic carbocycles. The Morgan fingerprint density at radius 2 is 2.14 bits per heavy atom. The van der Waals surface area contributed by atoms with Gasteiger partial charge in [-0.3, -0.25) is 9.59 Å². The number of carbonyl (C=O) groups excluding carboxylic acids is 2. The van der Waals surface area contributed by atoms with Crippen LogP contribution in [0.4, 0.5) is 5.69 Å². The number of anilines is 1. The van der Waals surface area contributed by atoms with Crippen LogP contribution in [0.1, 0.15) is 39.2 Å². The number of halogens is 1. The predicted molar refractivity (Wildman–Crippen MR) is 115 cm³/mol. The Kier molecular flexibility index (Phi) is 6.75. The fourth-order valence-corrected chi connectivity index (χ4v) is 4.79. The van der Waals surface area contributed by atoms with Crippen LogP contribution >= 0.6 is 23.7 Å². The molecule has 4 rings (SSSR count). The molecule has 7 heteroatoms. The van der Waals surface area contributed by atoms with Gasteiger partial charge in [0, 0.05) is 35.8 Å². The van der Waals surface area contributed by atoms with E-state index in [0.29, 0.717) is 12.1 Å². The Morgan fingerprint density at radius 3 is 2.93 bits per heavy atom. The molecule has 1 unspecified atom stereocenters. The van der Waals surface area contributed by atoms with Crippen LogP contribution in [0.2, 0.25) is 0 Å². The third kappa shape index (κ3) is 4.24. The highest BCUT2D eigenvalue weighted by Gasteiger charge is 2.25. The van der Waals surface area contributed by atoms with Gasteiger partial charge < -0.3 is 15.5 Å². The molecular weight excluding hydrogens is 394 g/mol. The quantitative estimate of drug-likeness (QED) is 0.798.